The van der Waals surface area contributed by atoms with E-state index in [0.717, 1.165) is 18.6 Å². The summed E-state index contributed by atoms with van der Waals surface area (Å²) in [4.78, 5) is 13.9. The van der Waals surface area contributed by atoms with Crippen molar-refractivity contribution < 1.29 is 18.0 Å². The summed E-state index contributed by atoms with van der Waals surface area (Å²) in [6.07, 6.45) is -3.46. The molecule has 1 aromatic rings. The van der Waals surface area contributed by atoms with Crippen LogP contribution in [0.15, 0.2) is 24.3 Å². The highest BCUT2D eigenvalue weighted by molar-refractivity contribution is 5.78. The zero-order valence-corrected chi connectivity index (χ0v) is 11.9. The normalized spacial score (nSPS) is 23.2. The zero-order valence-electron chi connectivity index (χ0n) is 11.9. The third kappa shape index (κ3) is 3.97. The number of likely N-dealkylation sites (tertiary alicyclic amines) is 1. The summed E-state index contributed by atoms with van der Waals surface area (Å²) < 4.78 is 37.4. The second-order valence-corrected chi connectivity index (χ2v) is 5.64. The third-order valence-electron chi connectivity index (χ3n) is 3.96. The molecule has 2 rings (SSSR count). The van der Waals surface area contributed by atoms with E-state index in [0.29, 0.717) is 18.7 Å². The number of halogens is 3. The minimum Gasteiger partial charge on any atom is -0.342 e. The highest BCUT2D eigenvalue weighted by atomic mass is 19.4. The van der Waals surface area contributed by atoms with Crippen molar-refractivity contribution in [3.63, 3.8) is 0 Å². The Labute approximate surface area is 121 Å². The van der Waals surface area contributed by atoms with Gasteiger partial charge in [-0.2, -0.15) is 13.2 Å². The van der Waals surface area contributed by atoms with Gasteiger partial charge in [0.15, 0.2) is 0 Å². The molecule has 0 spiro atoms. The van der Waals surface area contributed by atoms with Gasteiger partial charge in [0.05, 0.1) is 12.0 Å². The van der Waals surface area contributed by atoms with Crippen LogP contribution in [-0.2, 0) is 17.4 Å². The van der Waals surface area contributed by atoms with Crippen LogP contribution in [0.1, 0.15) is 24.5 Å². The number of hydrogen-bond donors (Lipinski definition) is 1. The van der Waals surface area contributed by atoms with Gasteiger partial charge in [0.2, 0.25) is 5.91 Å². The molecule has 1 aromatic carbocycles. The largest absolute Gasteiger partial charge is 0.416 e. The van der Waals surface area contributed by atoms with Gasteiger partial charge in [0.1, 0.15) is 0 Å². The second-order valence-electron chi connectivity index (χ2n) is 5.64. The van der Waals surface area contributed by atoms with E-state index < -0.39 is 11.7 Å². The fourth-order valence-electron chi connectivity index (χ4n) is 2.49. The summed E-state index contributed by atoms with van der Waals surface area (Å²) >= 11 is 0. The molecule has 0 bridgehead atoms. The van der Waals surface area contributed by atoms with Crippen molar-refractivity contribution in [3.8, 4) is 0 Å². The van der Waals surface area contributed by atoms with Gasteiger partial charge in [0, 0.05) is 19.1 Å². The van der Waals surface area contributed by atoms with E-state index in [-0.39, 0.29) is 24.3 Å². The number of nitrogens with zero attached hydrogens (tertiary/aromatic N) is 1. The molecule has 3 nitrogen and oxygen atoms in total. The highest BCUT2D eigenvalue weighted by Gasteiger charge is 2.30. The topological polar surface area (TPSA) is 46.3 Å². The van der Waals surface area contributed by atoms with Crippen LogP contribution in [0.2, 0.25) is 0 Å². The van der Waals surface area contributed by atoms with Crippen molar-refractivity contribution in [2.24, 2.45) is 11.7 Å². The summed E-state index contributed by atoms with van der Waals surface area (Å²) in [6.45, 7) is 3.23. The van der Waals surface area contributed by atoms with Crippen LogP contribution < -0.4 is 5.73 Å². The molecule has 1 saturated heterocycles. The molecule has 1 aliphatic rings. The molecule has 1 amide bonds. The first-order valence-electron chi connectivity index (χ1n) is 6.97. The number of benzene rings is 1. The Morgan fingerprint density at radius 3 is 2.48 bits per heavy atom. The maximum atomic E-state index is 12.5. The second kappa shape index (κ2) is 6.05. The Morgan fingerprint density at radius 2 is 1.95 bits per heavy atom. The summed E-state index contributed by atoms with van der Waals surface area (Å²) in [6, 6.07) is 4.86. The first-order valence-corrected chi connectivity index (χ1v) is 6.97. The van der Waals surface area contributed by atoms with E-state index in [1.165, 1.54) is 12.1 Å². The van der Waals surface area contributed by atoms with Gasteiger partial charge < -0.3 is 10.6 Å². The molecule has 2 atom stereocenters. The Kier molecular flexibility index (Phi) is 4.56. The van der Waals surface area contributed by atoms with Gasteiger partial charge in [-0.3, -0.25) is 4.79 Å². The Bertz CT molecular complexity index is 499. The van der Waals surface area contributed by atoms with E-state index in [4.69, 9.17) is 5.73 Å². The number of amides is 1. The molecule has 2 N–H and O–H groups in total. The minimum atomic E-state index is -4.35. The maximum absolute atomic E-state index is 12.5. The minimum absolute atomic E-state index is 0.0616. The predicted octanol–water partition coefficient (Wildman–Crippen LogP) is 2.44. The summed E-state index contributed by atoms with van der Waals surface area (Å²) in [5.74, 6) is 0.184. The van der Waals surface area contributed by atoms with Crippen molar-refractivity contribution in [1.29, 1.82) is 0 Å². The molecule has 0 aliphatic carbocycles. The van der Waals surface area contributed by atoms with Crippen molar-refractivity contribution in [2.75, 3.05) is 13.1 Å². The molecule has 21 heavy (non-hydrogen) atoms. The molecule has 6 heteroatoms. The molecule has 1 fully saturated rings. The van der Waals surface area contributed by atoms with Gasteiger partial charge in [-0.15, -0.1) is 0 Å². The van der Waals surface area contributed by atoms with Crippen molar-refractivity contribution in [3.05, 3.63) is 35.4 Å². The van der Waals surface area contributed by atoms with E-state index in [2.05, 4.69) is 0 Å². The lowest BCUT2D eigenvalue weighted by molar-refractivity contribution is -0.137. The molecular formula is C15H19F3N2O. The highest BCUT2D eigenvalue weighted by Crippen LogP contribution is 2.29. The number of alkyl halides is 3. The SMILES string of the molecule is CC1CN(C(=O)Cc2ccc(C(F)(F)F)cc2)CCC1N. The fraction of sp³-hybridized carbons (Fsp3) is 0.533. The summed E-state index contributed by atoms with van der Waals surface area (Å²) in [5, 5.41) is 0. The van der Waals surface area contributed by atoms with E-state index in [9.17, 15) is 18.0 Å². The number of carbonyl (C=O) groups is 1. The number of hydrogen-bond acceptors (Lipinski definition) is 2. The van der Waals surface area contributed by atoms with Crippen molar-refractivity contribution >= 4 is 5.91 Å². The van der Waals surface area contributed by atoms with Gasteiger partial charge >= 0.3 is 6.18 Å². The van der Waals surface area contributed by atoms with E-state index in [1.54, 1.807) is 4.90 Å². The fourth-order valence-corrected chi connectivity index (χ4v) is 2.49. The lowest BCUT2D eigenvalue weighted by Crippen LogP contribution is -2.48. The first kappa shape index (κ1) is 15.8. The van der Waals surface area contributed by atoms with Crippen molar-refractivity contribution in [1.82, 2.24) is 4.90 Å². The van der Waals surface area contributed by atoms with Crippen LogP contribution in [0.3, 0.4) is 0 Å². The lowest BCUT2D eigenvalue weighted by Gasteiger charge is -2.35. The predicted molar refractivity (Wildman–Crippen MR) is 73.5 cm³/mol. The number of piperidine rings is 1. The van der Waals surface area contributed by atoms with E-state index >= 15 is 0 Å². The first-order chi connectivity index (χ1) is 9.77. The smallest absolute Gasteiger partial charge is 0.342 e. The molecule has 2 unspecified atom stereocenters. The Hall–Kier alpha value is -1.56. The van der Waals surface area contributed by atoms with Crippen LogP contribution in [0.4, 0.5) is 13.2 Å². The number of carbonyl (C=O) groups excluding carboxylic acids is 1. The monoisotopic (exact) mass is 300 g/mol. The number of nitrogens with two attached hydrogens (primary N) is 1. The van der Waals surface area contributed by atoms with Crippen LogP contribution in [0.25, 0.3) is 0 Å². The van der Waals surface area contributed by atoms with Gasteiger partial charge in [-0.25, -0.2) is 0 Å². The molecule has 0 radical (unpaired) electrons. The van der Waals surface area contributed by atoms with Crippen LogP contribution >= 0.6 is 0 Å². The quantitative estimate of drug-likeness (QED) is 0.912. The maximum Gasteiger partial charge on any atom is 0.416 e. The number of rotatable bonds is 2. The van der Waals surface area contributed by atoms with Gasteiger partial charge in [0.25, 0.3) is 0 Å². The van der Waals surface area contributed by atoms with Gasteiger partial charge in [-0.1, -0.05) is 19.1 Å². The summed E-state index contributed by atoms with van der Waals surface area (Å²) in [5.41, 5.74) is 5.80. The lowest BCUT2D eigenvalue weighted by atomic mass is 9.94. The standard InChI is InChI=1S/C15H19F3N2O/c1-10-9-20(7-6-13(10)19)14(21)8-11-2-4-12(5-3-11)15(16,17)18/h2-5,10,13H,6-9,19H2,1H3. The molecule has 1 aliphatic heterocycles. The molecule has 0 aromatic heterocycles. The molecule has 116 valence electrons. The van der Waals surface area contributed by atoms with Gasteiger partial charge in [-0.05, 0) is 30.0 Å². The van der Waals surface area contributed by atoms with Crippen LogP contribution in [-0.4, -0.2) is 29.9 Å². The molecule has 1 heterocycles. The molecular weight excluding hydrogens is 281 g/mol. The average Bonchev–Trinajstić information content (AvgIpc) is 2.41. The average molecular weight is 300 g/mol. The third-order valence-corrected chi connectivity index (χ3v) is 3.96. The Balaban J connectivity index is 1.97. The van der Waals surface area contributed by atoms with E-state index in [1.807, 2.05) is 6.92 Å². The Morgan fingerprint density at radius 1 is 1.33 bits per heavy atom. The van der Waals surface area contributed by atoms with Crippen LogP contribution in [0.5, 0.6) is 0 Å². The zero-order chi connectivity index (χ0) is 15.6. The van der Waals surface area contributed by atoms with Crippen molar-refractivity contribution in [2.45, 2.75) is 32.0 Å². The van der Waals surface area contributed by atoms with Crippen LogP contribution in [0, 0.1) is 5.92 Å². The summed E-state index contributed by atoms with van der Waals surface area (Å²) in [7, 11) is 0. The molecule has 0 saturated carbocycles.